The fraction of sp³-hybridized carbons (Fsp3) is 0.379. The van der Waals surface area contributed by atoms with Crippen molar-refractivity contribution in [1.29, 1.82) is 0 Å². The van der Waals surface area contributed by atoms with Gasteiger partial charge in [0.2, 0.25) is 11.4 Å². The number of H-pyrrole nitrogens is 1. The number of rotatable bonds is 7. The van der Waals surface area contributed by atoms with Crippen LogP contribution in [-0.2, 0) is 0 Å². The minimum atomic E-state index is -3.13. The number of aromatic amines is 1. The summed E-state index contributed by atoms with van der Waals surface area (Å²) in [5, 5.41) is 2.43. The number of alkyl halides is 2. The molecule has 1 saturated heterocycles. The molecular formula is C29H31F4N7O3. The van der Waals surface area contributed by atoms with E-state index in [1.165, 1.54) is 19.5 Å². The van der Waals surface area contributed by atoms with Crippen LogP contribution in [0.25, 0.3) is 5.57 Å². The lowest BCUT2D eigenvalue weighted by Gasteiger charge is -2.40. The number of methoxy groups -OCH3 is 1. The van der Waals surface area contributed by atoms with Gasteiger partial charge in [0.15, 0.2) is 5.82 Å². The third-order valence-electron chi connectivity index (χ3n) is 7.81. The zero-order chi connectivity index (χ0) is 30.8. The molecule has 43 heavy (non-hydrogen) atoms. The molecular weight excluding hydrogens is 570 g/mol. The number of carbonyl (C=O) groups is 1. The van der Waals surface area contributed by atoms with E-state index >= 15 is 8.78 Å². The van der Waals surface area contributed by atoms with Crippen LogP contribution in [0.2, 0.25) is 0 Å². The highest BCUT2D eigenvalue weighted by molar-refractivity contribution is 6.07. The van der Waals surface area contributed by atoms with E-state index in [1.807, 2.05) is 18.9 Å². The average Bonchev–Trinajstić information content (AvgIpc) is 3.00. The number of piperazine rings is 1. The summed E-state index contributed by atoms with van der Waals surface area (Å²) in [6.45, 7) is 4.00. The fourth-order valence-electron chi connectivity index (χ4n) is 5.32. The Bertz CT molecular complexity index is 1610. The number of pyridine rings is 1. The van der Waals surface area contributed by atoms with E-state index in [0.717, 1.165) is 6.20 Å². The molecule has 0 saturated carbocycles. The normalized spacial score (nSPS) is 17.7. The first-order valence-electron chi connectivity index (χ1n) is 13.7. The monoisotopic (exact) mass is 601 g/mol. The second-order valence-corrected chi connectivity index (χ2v) is 10.5. The first-order chi connectivity index (χ1) is 20.6. The molecule has 0 radical (unpaired) electrons. The Morgan fingerprint density at radius 3 is 2.65 bits per heavy atom. The minimum Gasteiger partial charge on any atom is -0.481 e. The van der Waals surface area contributed by atoms with Crippen LogP contribution in [0.1, 0.15) is 41.3 Å². The molecule has 1 unspecified atom stereocenters. The zero-order valence-corrected chi connectivity index (χ0v) is 23.8. The highest BCUT2D eigenvalue weighted by Gasteiger charge is 2.31. The molecule has 2 aliphatic heterocycles. The van der Waals surface area contributed by atoms with Crippen LogP contribution in [0.3, 0.4) is 0 Å². The molecule has 3 aromatic rings. The first-order valence-corrected chi connectivity index (χ1v) is 13.7. The number of hydrogen-bond donors (Lipinski definition) is 2. The Kier molecular flexibility index (Phi) is 8.67. The number of hydrogen-bond acceptors (Lipinski definition) is 8. The zero-order valence-electron chi connectivity index (χ0n) is 23.8. The highest BCUT2D eigenvalue weighted by Crippen LogP contribution is 2.39. The number of ether oxygens (including phenoxy) is 1. The summed E-state index contributed by atoms with van der Waals surface area (Å²) in [5.41, 5.74) is -2.42. The summed E-state index contributed by atoms with van der Waals surface area (Å²) in [5.74, 6) is -2.10. The van der Waals surface area contributed by atoms with E-state index in [0.29, 0.717) is 55.9 Å². The lowest BCUT2D eigenvalue weighted by molar-refractivity contribution is 0.101. The standard InChI is InChI=1S/C29H31F4N7O3/c1-16-13-39(8-7-38(16)2)21-10-20(30)25(17-5-4-6-40(14-17)22-11-24(43-3)36-15-35-22)26(31)27(21)37-29(42)19-12-34-23(41)9-18(19)28(32)33/h5,9-12,15-16,28H,4,6-8,13-14H2,1-3H3,(H,34,41)(H,37,42). The van der Waals surface area contributed by atoms with E-state index in [9.17, 15) is 18.4 Å². The van der Waals surface area contributed by atoms with Gasteiger partial charge in [-0.15, -0.1) is 0 Å². The Morgan fingerprint density at radius 2 is 1.93 bits per heavy atom. The molecule has 10 nitrogen and oxygen atoms in total. The predicted octanol–water partition coefficient (Wildman–Crippen LogP) is 4.08. The summed E-state index contributed by atoms with van der Waals surface area (Å²) < 4.78 is 65.1. The van der Waals surface area contributed by atoms with Gasteiger partial charge in [0.1, 0.15) is 23.6 Å². The van der Waals surface area contributed by atoms with Gasteiger partial charge in [-0.25, -0.2) is 27.5 Å². The fourth-order valence-corrected chi connectivity index (χ4v) is 5.32. The Morgan fingerprint density at radius 1 is 1.14 bits per heavy atom. The van der Waals surface area contributed by atoms with Gasteiger partial charge >= 0.3 is 0 Å². The van der Waals surface area contributed by atoms with Crippen LogP contribution in [0.5, 0.6) is 5.88 Å². The number of aromatic nitrogens is 3. The topological polar surface area (TPSA) is 107 Å². The first kappa shape index (κ1) is 30.0. The van der Waals surface area contributed by atoms with Crippen LogP contribution in [0.4, 0.5) is 34.8 Å². The number of nitrogens with zero attached hydrogens (tertiary/aromatic N) is 5. The quantitative estimate of drug-likeness (QED) is 0.391. The molecule has 2 N–H and O–H groups in total. The summed E-state index contributed by atoms with van der Waals surface area (Å²) in [4.78, 5) is 41.1. The number of benzene rings is 1. The third kappa shape index (κ3) is 6.19. The Balaban J connectivity index is 1.57. The molecule has 2 aliphatic rings. The molecule has 1 aromatic carbocycles. The van der Waals surface area contributed by atoms with Gasteiger partial charge in [0.25, 0.3) is 12.3 Å². The van der Waals surface area contributed by atoms with E-state index < -0.39 is 40.7 Å². The molecule has 1 amide bonds. The molecule has 0 spiro atoms. The van der Waals surface area contributed by atoms with E-state index in [4.69, 9.17) is 4.74 Å². The van der Waals surface area contributed by atoms with Gasteiger partial charge in [-0.3, -0.25) is 9.59 Å². The number of halogens is 4. The van der Waals surface area contributed by atoms with Crippen LogP contribution in [0.15, 0.2) is 41.6 Å². The maximum atomic E-state index is 16.6. The van der Waals surface area contributed by atoms with Gasteiger partial charge in [-0.1, -0.05) is 6.08 Å². The van der Waals surface area contributed by atoms with E-state index in [1.54, 1.807) is 17.0 Å². The summed E-state index contributed by atoms with van der Waals surface area (Å²) in [7, 11) is 3.40. The Labute approximate surface area is 245 Å². The van der Waals surface area contributed by atoms with Crippen molar-refractivity contribution in [2.24, 2.45) is 0 Å². The molecule has 228 valence electrons. The lowest BCUT2D eigenvalue weighted by Crippen LogP contribution is -2.50. The van der Waals surface area contributed by atoms with E-state index in [2.05, 4.69) is 25.2 Å². The average molecular weight is 602 g/mol. The van der Waals surface area contributed by atoms with Gasteiger partial charge < -0.3 is 29.7 Å². The number of nitrogens with one attached hydrogen (secondary N) is 2. The predicted molar refractivity (Wildman–Crippen MR) is 154 cm³/mol. The minimum absolute atomic E-state index is 0.0344. The molecule has 0 bridgehead atoms. The number of anilines is 3. The van der Waals surface area contributed by atoms with Crippen LogP contribution in [0, 0.1) is 11.6 Å². The Hall–Kier alpha value is -4.46. The van der Waals surface area contributed by atoms with Crippen molar-refractivity contribution >= 4 is 28.7 Å². The summed E-state index contributed by atoms with van der Waals surface area (Å²) >= 11 is 0. The number of likely N-dealkylation sites (N-methyl/N-ethyl adjacent to an activating group) is 1. The van der Waals surface area contributed by atoms with Crippen molar-refractivity contribution in [3.8, 4) is 5.88 Å². The second-order valence-electron chi connectivity index (χ2n) is 10.5. The van der Waals surface area contributed by atoms with Gasteiger partial charge in [-0.05, 0) is 26.0 Å². The highest BCUT2D eigenvalue weighted by atomic mass is 19.3. The maximum absolute atomic E-state index is 16.6. The molecule has 1 atom stereocenters. The molecule has 5 rings (SSSR count). The van der Waals surface area contributed by atoms with Crippen molar-refractivity contribution in [3.05, 3.63) is 75.5 Å². The molecule has 0 aliphatic carbocycles. The van der Waals surface area contributed by atoms with Gasteiger partial charge in [0.05, 0.1) is 23.9 Å². The third-order valence-corrected chi connectivity index (χ3v) is 7.81. The molecule has 1 fully saturated rings. The SMILES string of the molecule is COc1cc(N2CCC=C(c3c(F)cc(N4CCN(C)C(C)C4)c(NC(=O)c4c[nH]c(=O)cc4C(F)F)c3F)C2)ncn1. The van der Waals surface area contributed by atoms with Crippen molar-refractivity contribution in [3.63, 3.8) is 0 Å². The van der Waals surface area contributed by atoms with Crippen molar-refractivity contribution in [2.75, 3.05) is 62.0 Å². The van der Waals surface area contributed by atoms with Crippen molar-refractivity contribution in [1.82, 2.24) is 19.9 Å². The van der Waals surface area contributed by atoms with Gasteiger partial charge in [-0.2, -0.15) is 0 Å². The maximum Gasteiger partial charge on any atom is 0.264 e. The van der Waals surface area contributed by atoms with Crippen molar-refractivity contribution < 1.29 is 27.1 Å². The van der Waals surface area contributed by atoms with Crippen LogP contribution >= 0.6 is 0 Å². The lowest BCUT2D eigenvalue weighted by atomic mass is 9.97. The molecule has 4 heterocycles. The smallest absolute Gasteiger partial charge is 0.264 e. The van der Waals surface area contributed by atoms with E-state index in [-0.39, 0.29) is 29.5 Å². The van der Waals surface area contributed by atoms with Crippen molar-refractivity contribution in [2.45, 2.75) is 25.8 Å². The number of carbonyl (C=O) groups excluding carboxylic acids is 1. The molecule has 14 heteroatoms. The molecule has 2 aromatic heterocycles. The van der Waals surface area contributed by atoms with Crippen LogP contribution < -0.4 is 25.4 Å². The number of amides is 1. The second kappa shape index (κ2) is 12.4. The summed E-state index contributed by atoms with van der Waals surface area (Å²) in [6.07, 6.45) is 1.23. The van der Waals surface area contributed by atoms with Gasteiger partial charge in [0, 0.05) is 68.7 Å². The summed E-state index contributed by atoms with van der Waals surface area (Å²) in [6, 6.07) is 3.44. The largest absolute Gasteiger partial charge is 0.481 e. The van der Waals surface area contributed by atoms with Crippen LogP contribution in [-0.4, -0.2) is 78.7 Å².